The van der Waals surface area contributed by atoms with E-state index in [1.54, 1.807) is 12.1 Å². The zero-order chi connectivity index (χ0) is 25.2. The second-order valence-electron chi connectivity index (χ2n) is 7.70. The van der Waals surface area contributed by atoms with Gasteiger partial charge in [0, 0.05) is 5.56 Å². The lowest BCUT2D eigenvalue weighted by atomic mass is 10.1. The molecule has 0 fully saturated rings. The molecule has 0 saturated heterocycles. The van der Waals surface area contributed by atoms with Gasteiger partial charge in [-0.25, -0.2) is 4.79 Å². The number of carbonyl (C=O) groups excluding carboxylic acids is 2. The summed E-state index contributed by atoms with van der Waals surface area (Å²) in [5, 5.41) is 2.08. The van der Waals surface area contributed by atoms with Crippen LogP contribution < -0.4 is 18.9 Å². The van der Waals surface area contributed by atoms with Crippen LogP contribution in [0.4, 0.5) is 0 Å². The minimum atomic E-state index is -0.905. The predicted octanol–water partition coefficient (Wildman–Crippen LogP) is 5.11. The third-order valence-electron chi connectivity index (χ3n) is 5.26. The molecule has 184 valence electrons. The maximum absolute atomic E-state index is 11.8. The first-order chi connectivity index (χ1) is 17.6. The van der Waals surface area contributed by atoms with Gasteiger partial charge in [-0.05, 0) is 59.3 Å². The van der Waals surface area contributed by atoms with E-state index in [9.17, 15) is 9.59 Å². The van der Waals surface area contributed by atoms with Gasteiger partial charge in [0.25, 0.3) is 5.78 Å². The van der Waals surface area contributed by atoms with E-state index >= 15 is 0 Å². The highest BCUT2D eigenvalue weighted by Crippen LogP contribution is 2.32. The van der Waals surface area contributed by atoms with E-state index in [0.717, 1.165) is 16.5 Å². The summed E-state index contributed by atoms with van der Waals surface area (Å²) in [6.45, 7) is 1.30. The summed E-state index contributed by atoms with van der Waals surface area (Å²) in [5.74, 6) is 0.957. The van der Waals surface area contributed by atoms with Crippen molar-refractivity contribution < 1.29 is 33.3 Å². The first-order valence-corrected chi connectivity index (χ1v) is 11.5. The molecule has 0 N–H and O–H groups in total. The Morgan fingerprint density at radius 3 is 1.58 bits per heavy atom. The summed E-state index contributed by atoms with van der Waals surface area (Å²) < 4.78 is 27.8. The zero-order valence-electron chi connectivity index (χ0n) is 19.8. The molecule has 36 heavy (non-hydrogen) atoms. The van der Waals surface area contributed by atoms with Crippen LogP contribution in [0.15, 0.2) is 91.0 Å². The maximum Gasteiger partial charge on any atom is 0.379 e. The Hall–Kier alpha value is -4.52. The third kappa shape index (κ3) is 6.54. The quantitative estimate of drug-likeness (QED) is 0.119. The number of ketones is 1. The van der Waals surface area contributed by atoms with Crippen LogP contribution in [0.5, 0.6) is 23.0 Å². The first kappa shape index (κ1) is 24.6. The Labute approximate surface area is 209 Å². The third-order valence-corrected chi connectivity index (χ3v) is 5.26. The lowest BCUT2D eigenvalue weighted by molar-refractivity contribution is -0.135. The van der Waals surface area contributed by atoms with Crippen molar-refractivity contribution in [2.75, 3.05) is 33.5 Å². The molecule has 0 amide bonds. The number of para-hydroxylation sites is 1. The number of rotatable bonds is 12. The molecule has 0 atom stereocenters. The van der Waals surface area contributed by atoms with Crippen molar-refractivity contribution in [3.05, 3.63) is 96.6 Å². The SMILES string of the molecule is COC(=O)C(=O)c1ccc(OCCOc2cc3ccccc3cc2OCCOc2ccccc2)cc1. The Bertz CT molecular complexity index is 1300. The van der Waals surface area contributed by atoms with E-state index in [1.165, 1.54) is 19.2 Å². The van der Waals surface area contributed by atoms with E-state index in [1.807, 2.05) is 66.7 Å². The van der Waals surface area contributed by atoms with Crippen LogP contribution in [0.2, 0.25) is 0 Å². The van der Waals surface area contributed by atoms with Crippen molar-refractivity contribution in [3.63, 3.8) is 0 Å². The number of esters is 1. The minimum absolute atomic E-state index is 0.236. The van der Waals surface area contributed by atoms with E-state index in [0.29, 0.717) is 30.5 Å². The second-order valence-corrected chi connectivity index (χ2v) is 7.70. The number of hydrogen-bond donors (Lipinski definition) is 0. The van der Waals surface area contributed by atoms with Gasteiger partial charge < -0.3 is 23.7 Å². The van der Waals surface area contributed by atoms with Gasteiger partial charge in [0.2, 0.25) is 0 Å². The van der Waals surface area contributed by atoms with Gasteiger partial charge in [0.15, 0.2) is 11.5 Å². The molecule has 4 rings (SSSR count). The Balaban J connectivity index is 1.33. The van der Waals surface area contributed by atoms with E-state index in [-0.39, 0.29) is 18.8 Å². The fraction of sp³-hybridized carbons (Fsp3) is 0.172. The molecular weight excluding hydrogens is 460 g/mol. The van der Waals surface area contributed by atoms with Gasteiger partial charge >= 0.3 is 5.97 Å². The molecule has 4 aromatic carbocycles. The van der Waals surface area contributed by atoms with Crippen molar-refractivity contribution in [3.8, 4) is 23.0 Å². The number of methoxy groups -OCH3 is 1. The minimum Gasteiger partial charge on any atom is -0.490 e. The van der Waals surface area contributed by atoms with Gasteiger partial charge in [-0.3, -0.25) is 4.79 Å². The Morgan fingerprint density at radius 1 is 0.583 bits per heavy atom. The maximum atomic E-state index is 11.8. The number of ether oxygens (including phenoxy) is 5. The molecular formula is C29H26O7. The van der Waals surface area contributed by atoms with E-state index < -0.39 is 11.8 Å². The van der Waals surface area contributed by atoms with E-state index in [4.69, 9.17) is 18.9 Å². The summed E-state index contributed by atoms with van der Waals surface area (Å²) >= 11 is 0. The highest BCUT2D eigenvalue weighted by Gasteiger charge is 2.16. The monoisotopic (exact) mass is 486 g/mol. The van der Waals surface area contributed by atoms with Crippen LogP contribution in [0.1, 0.15) is 10.4 Å². The summed E-state index contributed by atoms with van der Waals surface area (Å²) in [7, 11) is 1.17. The van der Waals surface area contributed by atoms with Gasteiger partial charge in [-0.2, -0.15) is 0 Å². The van der Waals surface area contributed by atoms with Crippen molar-refractivity contribution in [1.82, 2.24) is 0 Å². The van der Waals surface area contributed by atoms with Crippen molar-refractivity contribution in [2.45, 2.75) is 0 Å². The molecule has 0 aliphatic carbocycles. The van der Waals surface area contributed by atoms with Crippen LogP contribution in [-0.4, -0.2) is 45.3 Å². The van der Waals surface area contributed by atoms with Gasteiger partial charge in [0.05, 0.1) is 7.11 Å². The molecule has 0 heterocycles. The Kier molecular flexibility index (Phi) is 8.38. The summed E-state index contributed by atoms with van der Waals surface area (Å²) in [6, 6.07) is 27.7. The van der Waals surface area contributed by atoms with Crippen LogP contribution in [0.25, 0.3) is 10.8 Å². The highest BCUT2D eigenvalue weighted by atomic mass is 16.6. The van der Waals surface area contributed by atoms with Crippen LogP contribution >= 0.6 is 0 Å². The second kappa shape index (κ2) is 12.3. The summed E-state index contributed by atoms with van der Waals surface area (Å²) in [5.41, 5.74) is 0.236. The standard InChI is InChI=1S/C29H26O7/c1-32-29(31)28(30)21-11-13-25(14-12-21)34-16-18-36-27-20-23-8-6-5-7-22(23)19-26(27)35-17-15-33-24-9-3-2-4-10-24/h2-14,19-20H,15-18H2,1H3. The van der Waals surface area contributed by atoms with Crippen LogP contribution in [0, 0.1) is 0 Å². The number of fused-ring (bicyclic) bond motifs is 1. The fourth-order valence-electron chi connectivity index (χ4n) is 3.48. The normalized spacial score (nSPS) is 10.5. The molecule has 0 aliphatic heterocycles. The number of benzene rings is 4. The summed E-state index contributed by atoms with van der Waals surface area (Å²) in [6.07, 6.45) is 0. The van der Waals surface area contributed by atoms with E-state index in [2.05, 4.69) is 4.74 Å². The summed E-state index contributed by atoms with van der Waals surface area (Å²) in [4.78, 5) is 23.2. The molecule has 7 heteroatoms. The lowest BCUT2D eigenvalue weighted by Crippen LogP contribution is -2.15. The molecule has 0 aliphatic rings. The molecule has 0 radical (unpaired) electrons. The molecule has 0 aromatic heterocycles. The van der Waals surface area contributed by atoms with Gasteiger partial charge in [-0.1, -0.05) is 42.5 Å². The van der Waals surface area contributed by atoms with Crippen molar-refractivity contribution in [1.29, 1.82) is 0 Å². The average molecular weight is 487 g/mol. The Morgan fingerprint density at radius 2 is 1.06 bits per heavy atom. The predicted molar refractivity (Wildman–Crippen MR) is 135 cm³/mol. The molecule has 0 spiro atoms. The number of Topliss-reactive ketones (excluding diaryl/α,β-unsaturated/α-hetero) is 1. The average Bonchev–Trinajstić information content (AvgIpc) is 2.93. The van der Waals surface area contributed by atoms with Crippen molar-refractivity contribution >= 4 is 22.5 Å². The first-order valence-electron chi connectivity index (χ1n) is 11.5. The van der Waals surface area contributed by atoms with Gasteiger partial charge in [0.1, 0.15) is 37.9 Å². The molecule has 0 bridgehead atoms. The molecule has 0 saturated carbocycles. The highest BCUT2D eigenvalue weighted by molar-refractivity contribution is 6.40. The molecule has 0 unspecified atom stereocenters. The van der Waals surface area contributed by atoms with Gasteiger partial charge in [-0.15, -0.1) is 0 Å². The largest absolute Gasteiger partial charge is 0.490 e. The zero-order valence-corrected chi connectivity index (χ0v) is 19.8. The number of hydrogen-bond acceptors (Lipinski definition) is 7. The van der Waals surface area contributed by atoms with Crippen molar-refractivity contribution in [2.24, 2.45) is 0 Å². The lowest BCUT2D eigenvalue weighted by Gasteiger charge is -2.15. The number of carbonyl (C=O) groups is 2. The smallest absolute Gasteiger partial charge is 0.379 e. The molecule has 7 nitrogen and oxygen atoms in total. The fourth-order valence-corrected chi connectivity index (χ4v) is 3.48. The molecule has 4 aromatic rings. The van der Waals surface area contributed by atoms with Crippen LogP contribution in [-0.2, 0) is 9.53 Å². The topological polar surface area (TPSA) is 80.3 Å². The van der Waals surface area contributed by atoms with Crippen LogP contribution in [0.3, 0.4) is 0 Å².